The van der Waals surface area contributed by atoms with Crippen LogP contribution in [0.15, 0.2) is 24.3 Å². The number of rotatable bonds is 1. The maximum atomic E-state index is 9.78. The molecule has 0 radical (unpaired) electrons. The van der Waals surface area contributed by atoms with Gasteiger partial charge in [-0.25, -0.2) is 0 Å². The van der Waals surface area contributed by atoms with Crippen LogP contribution in [0.25, 0.3) is 0 Å². The van der Waals surface area contributed by atoms with Gasteiger partial charge in [-0.2, -0.15) is 0 Å². The average molecular weight is 166 g/mol. The van der Waals surface area contributed by atoms with Crippen molar-refractivity contribution >= 4 is 0 Å². The highest BCUT2D eigenvalue weighted by Gasteiger charge is 2.39. The lowest BCUT2D eigenvalue weighted by Crippen LogP contribution is -2.46. The summed E-state index contributed by atoms with van der Waals surface area (Å²) >= 11 is 0. The molecule has 0 amide bonds. The fourth-order valence-corrected chi connectivity index (χ4v) is 1.32. The Kier molecular flexibility index (Phi) is 1.56. The highest BCUT2D eigenvalue weighted by Crippen LogP contribution is 2.34. The van der Waals surface area contributed by atoms with Crippen molar-refractivity contribution in [2.24, 2.45) is 0 Å². The predicted octanol–water partition coefficient (Wildman–Crippen LogP) is 0.610. The van der Waals surface area contributed by atoms with Gasteiger partial charge in [0.15, 0.2) is 0 Å². The SMILES string of the molecule is Oc1ccccc1C1(O)COC1. The smallest absolute Gasteiger partial charge is 0.140 e. The van der Waals surface area contributed by atoms with Crippen molar-refractivity contribution in [1.82, 2.24) is 0 Å². The maximum Gasteiger partial charge on any atom is 0.140 e. The molecular weight excluding hydrogens is 156 g/mol. The van der Waals surface area contributed by atoms with Crippen LogP contribution in [0.4, 0.5) is 0 Å². The van der Waals surface area contributed by atoms with Crippen LogP contribution in [0, 0.1) is 0 Å². The van der Waals surface area contributed by atoms with Crippen LogP contribution < -0.4 is 0 Å². The van der Waals surface area contributed by atoms with Gasteiger partial charge in [-0.15, -0.1) is 0 Å². The van der Waals surface area contributed by atoms with Crippen LogP contribution in [0.5, 0.6) is 5.75 Å². The molecule has 0 atom stereocenters. The topological polar surface area (TPSA) is 49.7 Å². The van der Waals surface area contributed by atoms with Gasteiger partial charge in [0, 0.05) is 5.56 Å². The molecule has 1 aliphatic heterocycles. The second kappa shape index (κ2) is 2.47. The van der Waals surface area contributed by atoms with Gasteiger partial charge < -0.3 is 14.9 Å². The molecule has 0 aromatic heterocycles. The monoisotopic (exact) mass is 166 g/mol. The van der Waals surface area contributed by atoms with Crippen LogP contribution in [-0.4, -0.2) is 23.4 Å². The minimum atomic E-state index is -0.967. The van der Waals surface area contributed by atoms with Crippen molar-refractivity contribution in [2.75, 3.05) is 13.2 Å². The summed E-state index contributed by atoms with van der Waals surface area (Å²) in [5.41, 5.74) is -0.415. The van der Waals surface area contributed by atoms with Crippen molar-refractivity contribution in [3.63, 3.8) is 0 Å². The molecule has 64 valence electrons. The summed E-state index contributed by atoms with van der Waals surface area (Å²) < 4.78 is 4.89. The zero-order valence-corrected chi connectivity index (χ0v) is 6.53. The van der Waals surface area contributed by atoms with E-state index in [1.54, 1.807) is 24.3 Å². The molecule has 0 unspecified atom stereocenters. The summed E-state index contributed by atoms with van der Waals surface area (Å²) in [4.78, 5) is 0. The number of aliphatic hydroxyl groups is 1. The minimum absolute atomic E-state index is 0.128. The van der Waals surface area contributed by atoms with Crippen molar-refractivity contribution in [3.05, 3.63) is 29.8 Å². The lowest BCUT2D eigenvalue weighted by atomic mass is 9.91. The van der Waals surface area contributed by atoms with E-state index >= 15 is 0 Å². The van der Waals surface area contributed by atoms with E-state index in [0.717, 1.165) is 0 Å². The maximum absolute atomic E-state index is 9.78. The molecule has 0 aliphatic carbocycles. The van der Waals surface area contributed by atoms with E-state index in [2.05, 4.69) is 0 Å². The van der Waals surface area contributed by atoms with Crippen LogP contribution in [0.2, 0.25) is 0 Å². The molecule has 0 saturated carbocycles. The molecule has 1 heterocycles. The molecule has 3 nitrogen and oxygen atoms in total. The van der Waals surface area contributed by atoms with Crippen molar-refractivity contribution in [2.45, 2.75) is 5.60 Å². The number of phenolic OH excluding ortho intramolecular Hbond substituents is 1. The molecule has 0 bridgehead atoms. The van der Waals surface area contributed by atoms with E-state index < -0.39 is 5.60 Å². The van der Waals surface area contributed by atoms with Crippen LogP contribution >= 0.6 is 0 Å². The summed E-state index contributed by atoms with van der Waals surface area (Å²) in [5.74, 6) is 0.128. The van der Waals surface area contributed by atoms with Gasteiger partial charge in [-0.05, 0) is 6.07 Å². The summed E-state index contributed by atoms with van der Waals surface area (Å²) in [6.45, 7) is 0.537. The van der Waals surface area contributed by atoms with E-state index in [4.69, 9.17) is 4.74 Å². The van der Waals surface area contributed by atoms with Crippen LogP contribution in [0.1, 0.15) is 5.56 Å². The van der Waals surface area contributed by atoms with E-state index in [-0.39, 0.29) is 19.0 Å². The third-order valence-electron chi connectivity index (χ3n) is 2.09. The molecule has 1 aliphatic rings. The Morgan fingerprint density at radius 1 is 1.25 bits per heavy atom. The lowest BCUT2D eigenvalue weighted by molar-refractivity contribution is -0.185. The zero-order valence-electron chi connectivity index (χ0n) is 6.53. The molecule has 1 saturated heterocycles. The zero-order chi connectivity index (χ0) is 8.60. The number of hydrogen-bond donors (Lipinski definition) is 2. The third-order valence-corrected chi connectivity index (χ3v) is 2.09. The highest BCUT2D eigenvalue weighted by atomic mass is 16.5. The third kappa shape index (κ3) is 0.983. The van der Waals surface area contributed by atoms with E-state index in [1.807, 2.05) is 0 Å². The first-order valence-electron chi connectivity index (χ1n) is 3.81. The van der Waals surface area contributed by atoms with E-state index in [1.165, 1.54) is 0 Å². The fraction of sp³-hybridized carbons (Fsp3) is 0.333. The Labute approximate surface area is 70.2 Å². The minimum Gasteiger partial charge on any atom is -0.508 e. The van der Waals surface area contributed by atoms with E-state index in [0.29, 0.717) is 5.56 Å². The Morgan fingerprint density at radius 3 is 2.42 bits per heavy atom. The predicted molar refractivity (Wildman–Crippen MR) is 42.8 cm³/mol. The quantitative estimate of drug-likeness (QED) is 0.642. The van der Waals surface area contributed by atoms with Crippen molar-refractivity contribution in [3.8, 4) is 5.75 Å². The Balaban J connectivity index is 2.39. The van der Waals surface area contributed by atoms with Gasteiger partial charge in [0.05, 0.1) is 13.2 Å². The average Bonchev–Trinajstić information content (AvgIpc) is 2.01. The molecule has 12 heavy (non-hydrogen) atoms. The van der Waals surface area contributed by atoms with Gasteiger partial charge in [0.25, 0.3) is 0 Å². The van der Waals surface area contributed by atoms with Crippen LogP contribution in [0.3, 0.4) is 0 Å². The Morgan fingerprint density at radius 2 is 1.92 bits per heavy atom. The van der Waals surface area contributed by atoms with E-state index in [9.17, 15) is 10.2 Å². The highest BCUT2D eigenvalue weighted by molar-refractivity contribution is 5.37. The van der Waals surface area contributed by atoms with Crippen molar-refractivity contribution in [1.29, 1.82) is 0 Å². The summed E-state index contributed by atoms with van der Waals surface area (Å²) in [5, 5.41) is 19.2. The first-order chi connectivity index (χ1) is 5.72. The van der Waals surface area contributed by atoms with Gasteiger partial charge >= 0.3 is 0 Å². The summed E-state index contributed by atoms with van der Waals surface area (Å²) in [6.07, 6.45) is 0. The van der Waals surface area contributed by atoms with Gasteiger partial charge in [0.2, 0.25) is 0 Å². The molecule has 2 N–H and O–H groups in total. The first-order valence-corrected chi connectivity index (χ1v) is 3.81. The summed E-state index contributed by atoms with van der Waals surface area (Å²) in [6, 6.07) is 6.77. The molecule has 1 fully saturated rings. The molecule has 1 aromatic carbocycles. The fourth-order valence-electron chi connectivity index (χ4n) is 1.32. The molecule has 3 heteroatoms. The number of aromatic hydroxyl groups is 1. The number of phenols is 1. The Hall–Kier alpha value is -1.06. The second-order valence-electron chi connectivity index (χ2n) is 3.04. The van der Waals surface area contributed by atoms with Gasteiger partial charge in [-0.3, -0.25) is 0 Å². The molecule has 2 rings (SSSR count). The Bertz CT molecular complexity index is 292. The molecular formula is C9H10O3. The normalized spacial score (nSPS) is 20.1. The molecule has 1 aromatic rings. The number of para-hydroxylation sites is 1. The number of ether oxygens (including phenoxy) is 1. The van der Waals surface area contributed by atoms with Crippen LogP contribution in [-0.2, 0) is 10.3 Å². The van der Waals surface area contributed by atoms with Gasteiger partial charge in [0.1, 0.15) is 11.4 Å². The first kappa shape index (κ1) is 7.58. The summed E-state index contributed by atoms with van der Waals surface area (Å²) in [7, 11) is 0. The van der Waals surface area contributed by atoms with Crippen molar-refractivity contribution < 1.29 is 14.9 Å². The second-order valence-corrected chi connectivity index (χ2v) is 3.04. The molecule has 0 spiro atoms. The number of benzene rings is 1. The van der Waals surface area contributed by atoms with Gasteiger partial charge in [-0.1, -0.05) is 18.2 Å². The largest absolute Gasteiger partial charge is 0.508 e. The standard InChI is InChI=1S/C9H10O3/c10-8-4-2-1-3-7(8)9(11)5-12-6-9/h1-4,10-11H,5-6H2. The number of hydrogen-bond acceptors (Lipinski definition) is 3. The lowest BCUT2D eigenvalue weighted by Gasteiger charge is -2.36.